The quantitative estimate of drug-likeness (QED) is 0.325. The summed E-state index contributed by atoms with van der Waals surface area (Å²) in [6.45, 7) is 2.00. The number of amides is 3. The first-order chi connectivity index (χ1) is 18.8. The van der Waals surface area contributed by atoms with E-state index in [4.69, 9.17) is 9.39 Å². The van der Waals surface area contributed by atoms with Crippen LogP contribution in [0, 0.1) is 17.8 Å². The molecule has 3 aliphatic rings. The number of phenolic OH excluding ortho intramolecular Hbond substituents is 1. The summed E-state index contributed by atoms with van der Waals surface area (Å²) < 4.78 is 10.8. The second-order valence-electron chi connectivity index (χ2n) is 10.1. The molecule has 0 unspecified atom stereocenters. The Bertz CT molecular complexity index is 1340. The SMILES string of the molecule is CCC1=C2[C@@H](CC/C(=C/c3ccccc3O)c3ccccn3)OB(O)C[C@@H]2[C@@H]2C(=O)N(C(=O)OC)C(=O)[C@@H]2C1. The van der Waals surface area contributed by atoms with Gasteiger partial charge in [0.1, 0.15) is 5.75 Å². The second-order valence-corrected chi connectivity index (χ2v) is 10.1. The molecule has 3 heterocycles. The highest BCUT2D eigenvalue weighted by molar-refractivity contribution is 6.43. The molecule has 202 valence electrons. The molecule has 0 radical (unpaired) electrons. The van der Waals surface area contributed by atoms with E-state index in [2.05, 4.69) is 4.98 Å². The zero-order chi connectivity index (χ0) is 27.7. The van der Waals surface area contributed by atoms with E-state index in [1.54, 1.807) is 18.3 Å². The minimum atomic E-state index is -1.11. The zero-order valence-electron chi connectivity index (χ0n) is 21.9. The second kappa shape index (κ2) is 11.2. The van der Waals surface area contributed by atoms with E-state index in [0.717, 1.165) is 29.5 Å². The number of ether oxygens (including phenoxy) is 1. The maximum atomic E-state index is 13.3. The van der Waals surface area contributed by atoms with Gasteiger partial charge in [-0.05, 0) is 73.3 Å². The predicted octanol–water partition coefficient (Wildman–Crippen LogP) is 4.08. The van der Waals surface area contributed by atoms with E-state index in [1.165, 1.54) is 0 Å². The average Bonchev–Trinajstić information content (AvgIpc) is 3.20. The molecule has 2 N–H and O–H groups in total. The number of likely N-dealkylation sites (tertiary alicyclic amines) is 1. The molecule has 1 aliphatic carbocycles. The lowest BCUT2D eigenvalue weighted by Crippen LogP contribution is -2.46. The van der Waals surface area contributed by atoms with Crippen molar-refractivity contribution in [3.8, 4) is 5.75 Å². The molecule has 2 aliphatic heterocycles. The number of para-hydroxylation sites is 1. The van der Waals surface area contributed by atoms with Crippen LogP contribution in [-0.4, -0.2) is 58.3 Å². The Morgan fingerprint density at radius 1 is 1.18 bits per heavy atom. The normalized spacial score (nSPS) is 25.1. The van der Waals surface area contributed by atoms with Crippen molar-refractivity contribution in [3.63, 3.8) is 0 Å². The molecule has 2 saturated heterocycles. The summed E-state index contributed by atoms with van der Waals surface area (Å²) >= 11 is 0. The van der Waals surface area contributed by atoms with Gasteiger partial charge in [-0.15, -0.1) is 0 Å². The number of nitrogens with zero attached hydrogens (tertiary/aromatic N) is 2. The summed E-state index contributed by atoms with van der Waals surface area (Å²) in [6, 6.07) is 12.7. The van der Waals surface area contributed by atoms with Crippen molar-refractivity contribution in [3.05, 3.63) is 71.1 Å². The van der Waals surface area contributed by atoms with Crippen LogP contribution < -0.4 is 0 Å². The van der Waals surface area contributed by atoms with E-state index < -0.39 is 48.9 Å². The van der Waals surface area contributed by atoms with Gasteiger partial charge < -0.3 is 19.5 Å². The Morgan fingerprint density at radius 2 is 1.95 bits per heavy atom. The lowest BCUT2D eigenvalue weighted by atomic mass is 9.58. The molecule has 0 bridgehead atoms. The van der Waals surface area contributed by atoms with Gasteiger partial charge in [-0.3, -0.25) is 14.6 Å². The molecule has 2 aromatic rings. The molecule has 4 atom stereocenters. The molecule has 10 heteroatoms. The standard InChI is InChI=1S/C29H31BN2O7/c1-3-17-15-20-26(28(35)32(27(20)34)29(36)38-2)21-16-30(37)39-24(25(17)21)12-11-18(22-9-6-7-13-31-22)14-19-8-4-5-10-23(19)33/h4-10,13-14,20-21,24,26,33,37H,3,11-12,15-16H2,1-2H3/b18-14-/t20-,21+,24-,26-/m1/s1. The largest absolute Gasteiger partial charge is 0.507 e. The van der Waals surface area contributed by atoms with Gasteiger partial charge in [0, 0.05) is 11.8 Å². The fourth-order valence-electron chi connectivity index (χ4n) is 6.28. The monoisotopic (exact) mass is 530 g/mol. The Kier molecular flexibility index (Phi) is 7.68. The number of phenols is 1. The summed E-state index contributed by atoms with van der Waals surface area (Å²) in [5, 5.41) is 21.1. The maximum absolute atomic E-state index is 13.3. The summed E-state index contributed by atoms with van der Waals surface area (Å²) in [5.41, 5.74) is 4.27. The summed E-state index contributed by atoms with van der Waals surface area (Å²) in [4.78, 5) is 43.8. The van der Waals surface area contributed by atoms with E-state index in [-0.39, 0.29) is 12.1 Å². The number of aromatic nitrogens is 1. The molecule has 1 aromatic carbocycles. The number of benzene rings is 1. The van der Waals surface area contributed by atoms with Gasteiger partial charge in [0.25, 0.3) is 0 Å². The third-order valence-corrected chi connectivity index (χ3v) is 8.03. The van der Waals surface area contributed by atoms with Crippen molar-refractivity contribution in [2.75, 3.05) is 7.11 Å². The minimum absolute atomic E-state index is 0.157. The smallest absolute Gasteiger partial charge is 0.455 e. The van der Waals surface area contributed by atoms with Crippen LogP contribution in [0.25, 0.3) is 11.6 Å². The first-order valence-electron chi connectivity index (χ1n) is 13.2. The maximum Gasteiger partial charge on any atom is 0.455 e. The highest BCUT2D eigenvalue weighted by atomic mass is 16.5. The Morgan fingerprint density at radius 3 is 2.64 bits per heavy atom. The minimum Gasteiger partial charge on any atom is -0.507 e. The van der Waals surface area contributed by atoms with Gasteiger partial charge in [-0.2, -0.15) is 4.90 Å². The molecule has 39 heavy (non-hydrogen) atoms. The van der Waals surface area contributed by atoms with Crippen LogP contribution in [0.2, 0.25) is 6.32 Å². The van der Waals surface area contributed by atoms with Crippen molar-refractivity contribution >= 4 is 36.7 Å². The van der Waals surface area contributed by atoms with Crippen LogP contribution in [0.15, 0.2) is 59.8 Å². The Hall–Kier alpha value is -3.76. The number of rotatable bonds is 6. The number of pyridine rings is 1. The molecule has 5 rings (SSSR count). The van der Waals surface area contributed by atoms with Crippen LogP contribution in [0.4, 0.5) is 4.79 Å². The van der Waals surface area contributed by atoms with Gasteiger partial charge in [-0.25, -0.2) is 4.79 Å². The van der Waals surface area contributed by atoms with E-state index >= 15 is 0 Å². The molecular formula is C29H31BN2O7. The lowest BCUT2D eigenvalue weighted by Gasteiger charge is -2.43. The van der Waals surface area contributed by atoms with Crippen molar-refractivity contribution in [2.45, 2.75) is 45.0 Å². The number of hydrogen-bond donors (Lipinski definition) is 2. The number of carbonyl (C=O) groups is 3. The highest BCUT2D eigenvalue weighted by Crippen LogP contribution is 2.51. The fourth-order valence-corrected chi connectivity index (χ4v) is 6.28. The third-order valence-electron chi connectivity index (χ3n) is 8.03. The summed E-state index contributed by atoms with van der Waals surface area (Å²) in [7, 11) is 0.0263. The van der Waals surface area contributed by atoms with Crippen LogP contribution in [0.3, 0.4) is 0 Å². The Labute approximate surface area is 227 Å². The van der Waals surface area contributed by atoms with Crippen molar-refractivity contribution < 1.29 is 33.9 Å². The van der Waals surface area contributed by atoms with E-state index in [0.29, 0.717) is 36.1 Å². The number of methoxy groups -OCH3 is 1. The topological polar surface area (TPSA) is 126 Å². The van der Waals surface area contributed by atoms with Gasteiger partial charge in [0.2, 0.25) is 11.8 Å². The van der Waals surface area contributed by atoms with Crippen LogP contribution in [0.5, 0.6) is 5.75 Å². The molecule has 0 saturated carbocycles. The van der Waals surface area contributed by atoms with Gasteiger partial charge in [-0.1, -0.05) is 36.8 Å². The highest BCUT2D eigenvalue weighted by Gasteiger charge is 2.59. The van der Waals surface area contributed by atoms with Crippen molar-refractivity contribution in [1.82, 2.24) is 9.88 Å². The van der Waals surface area contributed by atoms with E-state index in [1.807, 2.05) is 43.3 Å². The molecular weight excluding hydrogens is 499 g/mol. The zero-order valence-corrected chi connectivity index (χ0v) is 21.9. The van der Waals surface area contributed by atoms with Crippen LogP contribution in [-0.2, 0) is 19.0 Å². The van der Waals surface area contributed by atoms with Crippen LogP contribution in [0.1, 0.15) is 43.9 Å². The lowest BCUT2D eigenvalue weighted by molar-refractivity contribution is -0.137. The van der Waals surface area contributed by atoms with Crippen molar-refractivity contribution in [1.29, 1.82) is 0 Å². The predicted molar refractivity (Wildman–Crippen MR) is 144 cm³/mol. The molecule has 1 aromatic heterocycles. The average molecular weight is 530 g/mol. The van der Waals surface area contributed by atoms with Crippen molar-refractivity contribution in [2.24, 2.45) is 17.8 Å². The van der Waals surface area contributed by atoms with Gasteiger partial charge in [0.05, 0.1) is 30.7 Å². The van der Waals surface area contributed by atoms with Gasteiger partial charge >= 0.3 is 13.2 Å². The first-order valence-corrected chi connectivity index (χ1v) is 13.2. The number of fused-ring (bicyclic) bond motifs is 3. The number of hydrogen-bond acceptors (Lipinski definition) is 8. The first kappa shape index (κ1) is 26.8. The molecule has 2 fully saturated rings. The molecule has 9 nitrogen and oxygen atoms in total. The van der Waals surface area contributed by atoms with E-state index in [9.17, 15) is 24.5 Å². The molecule has 3 amide bonds. The molecule has 0 spiro atoms. The fraction of sp³-hybridized carbons (Fsp3) is 0.379. The van der Waals surface area contributed by atoms with Gasteiger partial charge in [0.15, 0.2) is 0 Å². The summed E-state index contributed by atoms with van der Waals surface area (Å²) in [5.74, 6) is -2.77. The number of allylic oxidation sites excluding steroid dienone is 2. The Balaban J connectivity index is 1.47. The van der Waals surface area contributed by atoms with Crippen LogP contribution >= 0.6 is 0 Å². The third kappa shape index (κ3) is 5.02. The number of aromatic hydroxyl groups is 1. The number of imide groups is 3. The summed E-state index contributed by atoms with van der Waals surface area (Å²) in [6.07, 6.45) is 4.35. The number of carbonyl (C=O) groups excluding carboxylic acids is 3.